The second kappa shape index (κ2) is 3.91. The van der Waals surface area contributed by atoms with Crippen molar-refractivity contribution in [3.63, 3.8) is 0 Å². The summed E-state index contributed by atoms with van der Waals surface area (Å²) in [7, 11) is 3.84. The van der Waals surface area contributed by atoms with Crippen LogP contribution in [0.15, 0.2) is 0 Å². The molecule has 0 aliphatic carbocycles. The SMILES string of the molecule is CC1CCSP(N(C)C)O1. The minimum absolute atomic E-state index is 0.320. The molecule has 1 aliphatic rings. The standard InChI is InChI=1S/C6H14NOPS/c1-6-4-5-10-9(8-6)7(2)3/h6H,4-5H2,1-3H3. The molecule has 2 unspecified atom stereocenters. The maximum atomic E-state index is 5.70. The van der Waals surface area contributed by atoms with Gasteiger partial charge >= 0.3 is 0 Å². The zero-order valence-corrected chi connectivity index (χ0v) is 8.41. The van der Waals surface area contributed by atoms with Crippen molar-refractivity contribution in [3.8, 4) is 0 Å². The molecule has 0 saturated carbocycles. The van der Waals surface area contributed by atoms with Crippen molar-refractivity contribution in [3.05, 3.63) is 0 Å². The van der Waals surface area contributed by atoms with E-state index in [4.69, 9.17) is 4.52 Å². The van der Waals surface area contributed by atoms with E-state index in [2.05, 4.69) is 25.7 Å². The van der Waals surface area contributed by atoms with Crippen molar-refractivity contribution in [2.45, 2.75) is 19.4 Å². The molecule has 0 spiro atoms. The lowest BCUT2D eigenvalue weighted by Gasteiger charge is -2.30. The van der Waals surface area contributed by atoms with E-state index in [9.17, 15) is 0 Å². The van der Waals surface area contributed by atoms with Crippen LogP contribution in [0.25, 0.3) is 0 Å². The first-order valence-corrected chi connectivity index (χ1v) is 6.27. The smallest absolute Gasteiger partial charge is 0.169 e. The van der Waals surface area contributed by atoms with E-state index < -0.39 is 0 Å². The molecule has 0 aromatic heterocycles. The summed E-state index contributed by atoms with van der Waals surface area (Å²) in [6, 6.07) is 0. The Labute approximate surface area is 67.9 Å². The van der Waals surface area contributed by atoms with Crippen LogP contribution in [0.3, 0.4) is 0 Å². The quantitative estimate of drug-likeness (QED) is 0.573. The van der Waals surface area contributed by atoms with Gasteiger partial charge in [-0.1, -0.05) is 11.4 Å². The molecular weight excluding hydrogens is 165 g/mol. The lowest BCUT2D eigenvalue weighted by atomic mass is 10.3. The van der Waals surface area contributed by atoms with Crippen LogP contribution in [0.5, 0.6) is 0 Å². The van der Waals surface area contributed by atoms with Crippen LogP contribution < -0.4 is 0 Å². The average Bonchev–Trinajstić information content (AvgIpc) is 1.88. The van der Waals surface area contributed by atoms with Crippen LogP contribution in [0.2, 0.25) is 0 Å². The summed E-state index contributed by atoms with van der Waals surface area (Å²) in [5.74, 6) is 1.26. The molecule has 0 aromatic carbocycles. The molecule has 1 heterocycles. The molecule has 1 aliphatic heterocycles. The van der Waals surface area contributed by atoms with E-state index in [1.54, 1.807) is 0 Å². The summed E-state index contributed by atoms with van der Waals surface area (Å²) >= 11 is 1.94. The third-order valence-corrected chi connectivity index (χ3v) is 5.60. The summed E-state index contributed by atoms with van der Waals surface area (Å²) in [5, 5.41) is 0. The molecule has 0 amide bonds. The second-order valence-corrected chi connectivity index (χ2v) is 6.49. The molecule has 10 heavy (non-hydrogen) atoms. The zero-order valence-electron chi connectivity index (χ0n) is 6.70. The highest BCUT2D eigenvalue weighted by Gasteiger charge is 2.21. The van der Waals surface area contributed by atoms with Gasteiger partial charge in [-0.15, -0.1) is 0 Å². The van der Waals surface area contributed by atoms with Gasteiger partial charge in [-0.3, -0.25) is 4.67 Å². The van der Waals surface area contributed by atoms with Crippen molar-refractivity contribution >= 4 is 18.9 Å². The molecule has 4 heteroatoms. The summed E-state index contributed by atoms with van der Waals surface area (Å²) in [6.45, 7) is 2.15. The van der Waals surface area contributed by atoms with Crippen LogP contribution in [-0.2, 0) is 4.52 Å². The Kier molecular flexibility index (Phi) is 3.44. The van der Waals surface area contributed by atoms with Crippen LogP contribution in [0.4, 0.5) is 0 Å². The minimum Gasteiger partial charge on any atom is -0.332 e. The summed E-state index contributed by atoms with van der Waals surface area (Å²) < 4.78 is 7.88. The monoisotopic (exact) mass is 179 g/mol. The van der Waals surface area contributed by atoms with E-state index in [0.717, 1.165) is 0 Å². The van der Waals surface area contributed by atoms with E-state index in [-0.39, 0.29) is 7.50 Å². The van der Waals surface area contributed by atoms with Crippen molar-refractivity contribution in [2.75, 3.05) is 19.8 Å². The van der Waals surface area contributed by atoms with Gasteiger partial charge in [-0.05, 0) is 27.4 Å². The molecule has 0 bridgehead atoms. The van der Waals surface area contributed by atoms with Crippen molar-refractivity contribution in [1.82, 2.24) is 4.67 Å². The average molecular weight is 179 g/mol. The molecule has 2 nitrogen and oxygen atoms in total. The van der Waals surface area contributed by atoms with Crippen molar-refractivity contribution in [1.29, 1.82) is 0 Å². The lowest BCUT2D eigenvalue weighted by molar-refractivity contribution is 0.232. The predicted molar refractivity (Wildman–Crippen MR) is 48.2 cm³/mol. The van der Waals surface area contributed by atoms with E-state index in [0.29, 0.717) is 6.10 Å². The van der Waals surface area contributed by atoms with Crippen molar-refractivity contribution < 1.29 is 4.52 Å². The normalized spacial score (nSPS) is 34.8. The Bertz CT molecular complexity index is 112. The molecule has 0 aromatic rings. The van der Waals surface area contributed by atoms with Crippen molar-refractivity contribution in [2.24, 2.45) is 0 Å². The number of rotatable bonds is 1. The Balaban J connectivity index is 2.32. The van der Waals surface area contributed by atoms with Crippen LogP contribution in [0.1, 0.15) is 13.3 Å². The fourth-order valence-electron chi connectivity index (χ4n) is 0.744. The molecule has 0 N–H and O–H groups in total. The van der Waals surface area contributed by atoms with Gasteiger partial charge in [0.15, 0.2) is 7.50 Å². The van der Waals surface area contributed by atoms with Gasteiger partial charge < -0.3 is 4.52 Å². The third-order valence-electron chi connectivity index (χ3n) is 1.32. The Morgan fingerprint density at radius 3 is 2.70 bits per heavy atom. The predicted octanol–water partition coefficient (Wildman–Crippen LogP) is 2.32. The zero-order chi connectivity index (χ0) is 7.56. The fraction of sp³-hybridized carbons (Fsp3) is 1.00. The van der Waals surface area contributed by atoms with Crippen LogP contribution in [0, 0.1) is 0 Å². The largest absolute Gasteiger partial charge is 0.332 e. The maximum Gasteiger partial charge on any atom is 0.169 e. The first-order valence-electron chi connectivity index (χ1n) is 3.47. The first-order chi connectivity index (χ1) is 4.70. The molecule has 1 fully saturated rings. The highest BCUT2D eigenvalue weighted by Crippen LogP contribution is 2.56. The molecule has 1 saturated heterocycles. The van der Waals surface area contributed by atoms with Gasteiger partial charge in [0, 0.05) is 5.75 Å². The van der Waals surface area contributed by atoms with Gasteiger partial charge in [-0.25, -0.2) is 0 Å². The maximum absolute atomic E-state index is 5.70. The Morgan fingerprint density at radius 1 is 1.60 bits per heavy atom. The summed E-state index contributed by atoms with van der Waals surface area (Å²) in [6.07, 6.45) is 1.67. The van der Waals surface area contributed by atoms with E-state index in [1.807, 2.05) is 11.4 Å². The molecule has 2 atom stereocenters. The van der Waals surface area contributed by atoms with Gasteiger partial charge in [0.1, 0.15) is 0 Å². The number of hydrogen-bond donors (Lipinski definition) is 0. The molecule has 0 radical (unpaired) electrons. The number of nitrogens with zero attached hydrogens (tertiary/aromatic N) is 1. The second-order valence-electron chi connectivity index (χ2n) is 2.62. The Morgan fingerprint density at radius 2 is 2.30 bits per heavy atom. The van der Waals surface area contributed by atoms with Crippen LogP contribution in [-0.4, -0.2) is 30.6 Å². The minimum atomic E-state index is -0.320. The Hall–Kier alpha value is 0.700. The van der Waals surface area contributed by atoms with E-state index >= 15 is 0 Å². The highest BCUT2D eigenvalue weighted by molar-refractivity contribution is 8.53. The highest BCUT2D eigenvalue weighted by atomic mass is 32.7. The molecule has 1 rings (SSSR count). The number of hydrogen-bond acceptors (Lipinski definition) is 3. The fourth-order valence-corrected chi connectivity index (χ4v) is 4.33. The topological polar surface area (TPSA) is 12.5 Å². The summed E-state index contributed by atoms with van der Waals surface area (Å²) in [5.41, 5.74) is 0. The molecule has 60 valence electrons. The third kappa shape index (κ3) is 2.39. The van der Waals surface area contributed by atoms with Gasteiger partial charge in [-0.2, -0.15) is 0 Å². The van der Waals surface area contributed by atoms with Gasteiger partial charge in [0.25, 0.3) is 0 Å². The van der Waals surface area contributed by atoms with Gasteiger partial charge in [0.2, 0.25) is 0 Å². The molecular formula is C6H14NOPS. The lowest BCUT2D eigenvalue weighted by Crippen LogP contribution is -2.16. The first kappa shape index (κ1) is 8.79. The van der Waals surface area contributed by atoms with E-state index in [1.165, 1.54) is 12.2 Å². The van der Waals surface area contributed by atoms with Crippen LogP contribution >= 0.6 is 18.9 Å². The summed E-state index contributed by atoms with van der Waals surface area (Å²) in [4.78, 5) is 0. The van der Waals surface area contributed by atoms with Gasteiger partial charge in [0.05, 0.1) is 6.10 Å².